The molecule has 1 fully saturated rings. The molecule has 2 aromatic heterocycles. The molecule has 1 aliphatic carbocycles. The Morgan fingerprint density at radius 1 is 1.42 bits per heavy atom. The van der Waals surface area contributed by atoms with Crippen molar-refractivity contribution >= 4 is 17.8 Å². The third kappa shape index (κ3) is 6.81. The minimum Gasteiger partial charge on any atom is -0.449 e. The van der Waals surface area contributed by atoms with Crippen molar-refractivity contribution in [3.8, 4) is 0 Å². The number of aliphatic hydroxyl groups is 1. The summed E-state index contributed by atoms with van der Waals surface area (Å²) < 4.78 is 10.7. The van der Waals surface area contributed by atoms with Crippen LogP contribution in [0.25, 0.3) is 0 Å². The van der Waals surface area contributed by atoms with Gasteiger partial charge in [0.15, 0.2) is 11.7 Å². The summed E-state index contributed by atoms with van der Waals surface area (Å²) in [7, 11) is 0. The molecule has 0 spiro atoms. The van der Waals surface area contributed by atoms with Crippen LogP contribution in [-0.2, 0) is 16.0 Å². The van der Waals surface area contributed by atoms with E-state index in [1.165, 1.54) is 0 Å². The number of aromatic nitrogens is 3. The van der Waals surface area contributed by atoms with Gasteiger partial charge in [0.25, 0.3) is 0 Å². The molecular weight excluding hydrogens is 402 g/mol. The third-order valence-electron chi connectivity index (χ3n) is 5.67. The molecule has 0 radical (unpaired) electrons. The number of H-pyrrole nitrogens is 1. The van der Waals surface area contributed by atoms with Crippen LogP contribution in [0, 0.1) is 18.8 Å². The Labute approximate surface area is 181 Å². The highest BCUT2D eigenvalue weighted by molar-refractivity contribution is 5.91. The summed E-state index contributed by atoms with van der Waals surface area (Å²) in [6.45, 7) is 4.53. The van der Waals surface area contributed by atoms with E-state index in [0.29, 0.717) is 30.6 Å². The third-order valence-corrected chi connectivity index (χ3v) is 5.67. The summed E-state index contributed by atoms with van der Waals surface area (Å²) in [5.41, 5.74) is 0.964. The molecule has 31 heavy (non-hydrogen) atoms. The van der Waals surface area contributed by atoms with Crippen molar-refractivity contribution < 1.29 is 23.8 Å². The lowest BCUT2D eigenvalue weighted by molar-refractivity contribution is -0.115. The number of amides is 2. The second kappa shape index (κ2) is 10.9. The molecule has 170 valence electrons. The largest absolute Gasteiger partial charge is 0.449 e. The number of carbonyl (C=O) groups excluding carboxylic acids is 2. The number of oxazole rings is 1. The predicted molar refractivity (Wildman–Crippen MR) is 112 cm³/mol. The molecule has 0 saturated heterocycles. The van der Waals surface area contributed by atoms with Crippen molar-refractivity contribution in [2.75, 3.05) is 25.1 Å². The van der Waals surface area contributed by atoms with Crippen molar-refractivity contribution in [2.24, 2.45) is 11.8 Å². The fourth-order valence-electron chi connectivity index (χ4n) is 3.76. The zero-order chi connectivity index (χ0) is 22.2. The fraction of sp³-hybridized carbons (Fsp3) is 0.619. The van der Waals surface area contributed by atoms with Gasteiger partial charge in [0.2, 0.25) is 5.91 Å². The molecule has 10 heteroatoms. The summed E-state index contributed by atoms with van der Waals surface area (Å²) in [5.74, 6) is 1.91. The van der Waals surface area contributed by atoms with E-state index in [2.05, 4.69) is 25.8 Å². The van der Waals surface area contributed by atoms with Gasteiger partial charge in [-0.05, 0) is 37.5 Å². The maximum absolute atomic E-state index is 12.1. The van der Waals surface area contributed by atoms with E-state index in [1.807, 2.05) is 13.0 Å². The van der Waals surface area contributed by atoms with Gasteiger partial charge in [-0.2, -0.15) is 5.10 Å². The van der Waals surface area contributed by atoms with Gasteiger partial charge < -0.3 is 24.9 Å². The van der Waals surface area contributed by atoms with E-state index in [0.717, 1.165) is 31.4 Å². The van der Waals surface area contributed by atoms with Crippen LogP contribution in [0.4, 0.5) is 10.6 Å². The maximum atomic E-state index is 12.1. The van der Waals surface area contributed by atoms with Crippen molar-refractivity contribution in [3.05, 3.63) is 29.6 Å². The van der Waals surface area contributed by atoms with Gasteiger partial charge in [0, 0.05) is 37.8 Å². The second-order valence-electron chi connectivity index (χ2n) is 8.09. The van der Waals surface area contributed by atoms with Crippen LogP contribution in [0.15, 0.2) is 16.7 Å². The molecule has 2 amide bonds. The molecular formula is C21H31N5O5. The number of alkyl carbamates (subject to hydrolysis) is 1. The molecule has 4 N–H and O–H groups in total. The normalized spacial score (nSPS) is 19.2. The van der Waals surface area contributed by atoms with Crippen LogP contribution in [0.5, 0.6) is 0 Å². The van der Waals surface area contributed by atoms with E-state index in [9.17, 15) is 9.59 Å². The Morgan fingerprint density at radius 3 is 2.97 bits per heavy atom. The number of hydrogen-bond acceptors (Lipinski definition) is 7. The summed E-state index contributed by atoms with van der Waals surface area (Å²) in [5, 5.41) is 21.8. The Hall–Kier alpha value is -2.88. The first kappa shape index (κ1) is 22.8. The van der Waals surface area contributed by atoms with Crippen molar-refractivity contribution in [3.63, 3.8) is 0 Å². The standard InChI is InChI=1S/C21H31N5O5/c1-3-14(11-27)9-23-21(29)30-12-15-4-5-16(6-15)18-8-19(26-25-18)24-20(28)7-17-10-22-13(2)31-17/h8,10,14-16,27H,3-7,9,11-12H2,1-2H3,(H,23,29)(H2,24,25,26,28)/t14?,15?,16-/m0/s1. The molecule has 10 nitrogen and oxygen atoms in total. The number of carbonyl (C=O) groups is 2. The Kier molecular flexibility index (Phi) is 8.05. The van der Waals surface area contributed by atoms with Crippen LogP contribution >= 0.6 is 0 Å². The average molecular weight is 434 g/mol. The minimum absolute atomic E-state index is 0.0490. The average Bonchev–Trinajstić information content (AvgIpc) is 3.48. The number of nitrogens with one attached hydrogen (secondary N) is 3. The van der Waals surface area contributed by atoms with Gasteiger partial charge in [0.1, 0.15) is 5.76 Å². The number of nitrogens with zero attached hydrogens (tertiary/aromatic N) is 2. The Morgan fingerprint density at radius 2 is 2.26 bits per heavy atom. The summed E-state index contributed by atoms with van der Waals surface area (Å²) >= 11 is 0. The topological polar surface area (TPSA) is 142 Å². The SMILES string of the molecule is CCC(CO)CNC(=O)OCC1CC[C@H](c2cc(NC(=O)Cc3cnc(C)o3)n[nH]2)C1. The molecule has 3 rings (SSSR count). The fourth-order valence-corrected chi connectivity index (χ4v) is 3.76. The molecule has 2 aromatic rings. The first-order chi connectivity index (χ1) is 15.0. The van der Waals surface area contributed by atoms with Crippen LogP contribution in [-0.4, -0.2) is 52.0 Å². The monoisotopic (exact) mass is 433 g/mol. The summed E-state index contributed by atoms with van der Waals surface area (Å²) in [4.78, 5) is 28.0. The molecule has 0 aliphatic heterocycles. The number of aryl methyl sites for hydroxylation is 1. The quantitative estimate of drug-likeness (QED) is 0.451. The molecule has 1 aliphatic rings. The summed E-state index contributed by atoms with van der Waals surface area (Å²) in [6.07, 6.45) is 4.81. The lowest BCUT2D eigenvalue weighted by Crippen LogP contribution is -2.32. The minimum atomic E-state index is -0.441. The van der Waals surface area contributed by atoms with Gasteiger partial charge >= 0.3 is 6.09 Å². The van der Waals surface area contributed by atoms with Crippen LogP contribution in [0.3, 0.4) is 0 Å². The number of aliphatic hydroxyl groups excluding tert-OH is 1. The van der Waals surface area contributed by atoms with E-state index in [4.69, 9.17) is 14.3 Å². The lowest BCUT2D eigenvalue weighted by Gasteiger charge is -2.14. The van der Waals surface area contributed by atoms with Crippen molar-refractivity contribution in [2.45, 2.75) is 51.9 Å². The van der Waals surface area contributed by atoms with Gasteiger partial charge in [-0.25, -0.2) is 9.78 Å². The van der Waals surface area contributed by atoms with Gasteiger partial charge in [0.05, 0.1) is 19.2 Å². The number of anilines is 1. The predicted octanol–water partition coefficient (Wildman–Crippen LogP) is 2.52. The van der Waals surface area contributed by atoms with Gasteiger partial charge in [-0.3, -0.25) is 9.89 Å². The number of hydrogen-bond donors (Lipinski definition) is 4. The van der Waals surface area contributed by atoms with E-state index < -0.39 is 6.09 Å². The Bertz CT molecular complexity index is 860. The van der Waals surface area contributed by atoms with Gasteiger partial charge in [-0.1, -0.05) is 6.92 Å². The zero-order valence-electron chi connectivity index (χ0n) is 18.0. The van der Waals surface area contributed by atoms with Crippen LogP contribution in [0.1, 0.15) is 55.9 Å². The molecule has 2 unspecified atom stereocenters. The molecule has 3 atom stereocenters. The highest BCUT2D eigenvalue weighted by Gasteiger charge is 2.28. The molecule has 1 saturated carbocycles. The van der Waals surface area contributed by atoms with Crippen LogP contribution in [0.2, 0.25) is 0 Å². The smallest absolute Gasteiger partial charge is 0.407 e. The molecule has 2 heterocycles. The highest BCUT2D eigenvalue weighted by Crippen LogP contribution is 2.38. The number of aromatic amines is 1. The van der Waals surface area contributed by atoms with Crippen molar-refractivity contribution in [1.82, 2.24) is 20.5 Å². The number of rotatable bonds is 10. The first-order valence-electron chi connectivity index (χ1n) is 10.7. The molecule has 0 aromatic carbocycles. The van der Waals surface area contributed by atoms with E-state index in [1.54, 1.807) is 13.1 Å². The van der Waals surface area contributed by atoms with Crippen LogP contribution < -0.4 is 10.6 Å². The summed E-state index contributed by atoms with van der Waals surface area (Å²) in [6, 6.07) is 1.85. The number of ether oxygens (including phenoxy) is 1. The van der Waals surface area contributed by atoms with E-state index >= 15 is 0 Å². The van der Waals surface area contributed by atoms with Crippen molar-refractivity contribution in [1.29, 1.82) is 0 Å². The van der Waals surface area contributed by atoms with Gasteiger partial charge in [-0.15, -0.1) is 0 Å². The second-order valence-corrected chi connectivity index (χ2v) is 8.09. The highest BCUT2D eigenvalue weighted by atomic mass is 16.5. The molecule has 0 bridgehead atoms. The Balaban J connectivity index is 1.39. The zero-order valence-corrected chi connectivity index (χ0v) is 18.0. The maximum Gasteiger partial charge on any atom is 0.407 e. The first-order valence-corrected chi connectivity index (χ1v) is 10.7. The lowest BCUT2D eigenvalue weighted by atomic mass is 10.0. The van der Waals surface area contributed by atoms with E-state index in [-0.39, 0.29) is 36.7 Å².